The fraction of sp³-hybridized carbons (Fsp3) is 0.435. The van der Waals surface area contributed by atoms with Gasteiger partial charge in [0.25, 0.3) is 5.91 Å². The lowest BCUT2D eigenvalue weighted by molar-refractivity contribution is -0.167. The predicted octanol–water partition coefficient (Wildman–Crippen LogP) is 2.66. The van der Waals surface area contributed by atoms with Crippen molar-refractivity contribution in [1.29, 1.82) is 0 Å². The van der Waals surface area contributed by atoms with Crippen LogP contribution in [0, 0.1) is 0 Å². The number of nitrogens with zero attached hydrogens (tertiary/aromatic N) is 1. The summed E-state index contributed by atoms with van der Waals surface area (Å²) in [5, 5.41) is 23.5. The number of rotatable bonds is 14. The van der Waals surface area contributed by atoms with Crippen molar-refractivity contribution in [3.8, 4) is 11.5 Å². The topological polar surface area (TPSA) is 91.3 Å². The van der Waals surface area contributed by atoms with Crippen LogP contribution in [0.25, 0.3) is 0 Å². The lowest BCUT2D eigenvalue weighted by Crippen LogP contribution is -2.32. The number of hydrogen-bond acceptors (Lipinski definition) is 6. The zero-order chi connectivity index (χ0) is 21.6. The first-order valence-electron chi connectivity index (χ1n) is 10.4. The molecule has 0 saturated heterocycles. The van der Waals surface area contributed by atoms with E-state index in [4.69, 9.17) is 9.47 Å². The average molecular weight is 417 g/mol. The van der Waals surface area contributed by atoms with E-state index in [2.05, 4.69) is 5.32 Å². The molecular formula is C23H32N2O5. The van der Waals surface area contributed by atoms with E-state index in [1.54, 1.807) is 12.1 Å². The molecule has 1 unspecified atom stereocenters. The normalized spacial score (nSPS) is 11.7. The van der Waals surface area contributed by atoms with Gasteiger partial charge < -0.3 is 19.9 Å². The fourth-order valence-electron chi connectivity index (χ4n) is 2.67. The van der Waals surface area contributed by atoms with E-state index < -0.39 is 12.0 Å². The van der Waals surface area contributed by atoms with Gasteiger partial charge in [-0.05, 0) is 49.2 Å². The van der Waals surface area contributed by atoms with Crippen LogP contribution in [-0.4, -0.2) is 60.2 Å². The standard InChI is InChI=1S/C23H32N2O5/c1-2-3-15-25(28)23(27)18-30-22-11-9-19(10-12-22)13-14-24-16-20(26)17-29-21-7-5-4-6-8-21/h4-12,20,24,26,28H,2-3,13-18H2,1H3. The molecule has 0 saturated carbocycles. The summed E-state index contributed by atoms with van der Waals surface area (Å²) in [6.07, 6.45) is 1.87. The molecular weight excluding hydrogens is 384 g/mol. The Morgan fingerprint density at radius 2 is 1.77 bits per heavy atom. The average Bonchev–Trinajstić information content (AvgIpc) is 2.78. The van der Waals surface area contributed by atoms with Gasteiger partial charge in [0.2, 0.25) is 0 Å². The number of ether oxygens (including phenoxy) is 2. The molecule has 1 atom stereocenters. The molecule has 0 fully saturated rings. The smallest absolute Gasteiger partial charge is 0.283 e. The summed E-state index contributed by atoms with van der Waals surface area (Å²) in [5.74, 6) is 0.872. The Bertz CT molecular complexity index is 724. The van der Waals surface area contributed by atoms with Crippen molar-refractivity contribution in [2.24, 2.45) is 0 Å². The third kappa shape index (κ3) is 9.26. The molecule has 30 heavy (non-hydrogen) atoms. The van der Waals surface area contributed by atoms with Gasteiger partial charge >= 0.3 is 0 Å². The first kappa shape index (κ1) is 23.7. The lowest BCUT2D eigenvalue weighted by atomic mass is 10.1. The first-order valence-corrected chi connectivity index (χ1v) is 10.4. The molecule has 7 heteroatoms. The maximum absolute atomic E-state index is 11.8. The van der Waals surface area contributed by atoms with Crippen LogP contribution in [0.4, 0.5) is 0 Å². The van der Waals surface area contributed by atoms with E-state index >= 15 is 0 Å². The largest absolute Gasteiger partial charge is 0.491 e. The van der Waals surface area contributed by atoms with E-state index in [1.807, 2.05) is 49.4 Å². The number of nitrogens with one attached hydrogen (secondary N) is 1. The number of aliphatic hydroxyl groups is 1. The maximum atomic E-state index is 11.8. The third-order valence-electron chi connectivity index (χ3n) is 4.45. The zero-order valence-corrected chi connectivity index (χ0v) is 17.5. The van der Waals surface area contributed by atoms with Gasteiger partial charge in [0.15, 0.2) is 6.61 Å². The predicted molar refractivity (Wildman–Crippen MR) is 115 cm³/mol. The van der Waals surface area contributed by atoms with Gasteiger partial charge in [-0.3, -0.25) is 10.0 Å². The number of unbranched alkanes of at least 4 members (excludes halogenated alkanes) is 1. The Kier molecular flexibility index (Phi) is 10.7. The molecule has 2 aromatic rings. The van der Waals surface area contributed by atoms with Gasteiger partial charge in [-0.25, -0.2) is 5.06 Å². The summed E-state index contributed by atoms with van der Waals surface area (Å²) < 4.78 is 11.0. The van der Waals surface area contributed by atoms with Crippen LogP contribution in [0.1, 0.15) is 25.3 Å². The van der Waals surface area contributed by atoms with E-state index in [-0.39, 0.29) is 13.2 Å². The lowest BCUT2D eigenvalue weighted by Gasteiger charge is -2.15. The van der Waals surface area contributed by atoms with Gasteiger partial charge in [-0.15, -0.1) is 0 Å². The minimum Gasteiger partial charge on any atom is -0.491 e. The van der Waals surface area contributed by atoms with Crippen molar-refractivity contribution < 1.29 is 24.6 Å². The highest BCUT2D eigenvalue weighted by Gasteiger charge is 2.11. The molecule has 0 heterocycles. The number of benzene rings is 2. The quantitative estimate of drug-likeness (QED) is 0.249. The Balaban J connectivity index is 1.59. The molecule has 0 aliphatic heterocycles. The minimum atomic E-state index is -0.582. The summed E-state index contributed by atoms with van der Waals surface area (Å²) in [6.45, 7) is 3.53. The van der Waals surface area contributed by atoms with Gasteiger partial charge in [0.05, 0.1) is 0 Å². The summed E-state index contributed by atoms with van der Waals surface area (Å²) in [6, 6.07) is 16.9. The molecule has 164 valence electrons. The second-order valence-electron chi connectivity index (χ2n) is 7.04. The molecule has 7 nitrogen and oxygen atoms in total. The number of aliphatic hydroxyl groups excluding tert-OH is 1. The van der Waals surface area contributed by atoms with Crippen LogP contribution in [-0.2, 0) is 11.2 Å². The first-order chi connectivity index (χ1) is 14.6. The van der Waals surface area contributed by atoms with E-state index in [0.29, 0.717) is 23.9 Å². The van der Waals surface area contributed by atoms with E-state index in [9.17, 15) is 15.1 Å². The Labute approximate surface area is 178 Å². The molecule has 2 aromatic carbocycles. The number of carbonyl (C=O) groups excluding carboxylic acids is 1. The number of hydroxylamine groups is 2. The highest BCUT2D eigenvalue weighted by Crippen LogP contribution is 2.13. The molecule has 2 rings (SSSR count). The summed E-state index contributed by atoms with van der Waals surface area (Å²) in [7, 11) is 0. The Morgan fingerprint density at radius 3 is 2.47 bits per heavy atom. The van der Waals surface area contributed by atoms with Crippen molar-refractivity contribution in [2.45, 2.75) is 32.3 Å². The van der Waals surface area contributed by atoms with Crippen molar-refractivity contribution in [2.75, 3.05) is 32.8 Å². The number of para-hydroxylation sites is 1. The zero-order valence-electron chi connectivity index (χ0n) is 17.5. The van der Waals surface area contributed by atoms with Crippen LogP contribution < -0.4 is 14.8 Å². The summed E-state index contributed by atoms with van der Waals surface area (Å²) in [5.41, 5.74) is 1.11. The van der Waals surface area contributed by atoms with Crippen molar-refractivity contribution in [3.63, 3.8) is 0 Å². The summed E-state index contributed by atoms with van der Waals surface area (Å²) >= 11 is 0. The van der Waals surface area contributed by atoms with Crippen molar-refractivity contribution in [1.82, 2.24) is 10.4 Å². The molecule has 0 bridgehead atoms. The second-order valence-corrected chi connectivity index (χ2v) is 7.04. The van der Waals surface area contributed by atoms with Gasteiger partial charge in [-0.2, -0.15) is 0 Å². The fourth-order valence-corrected chi connectivity index (χ4v) is 2.67. The van der Waals surface area contributed by atoms with Crippen LogP contribution in [0.3, 0.4) is 0 Å². The van der Waals surface area contributed by atoms with Crippen LogP contribution in [0.5, 0.6) is 11.5 Å². The molecule has 0 aliphatic rings. The monoisotopic (exact) mass is 416 g/mol. The molecule has 0 aliphatic carbocycles. The third-order valence-corrected chi connectivity index (χ3v) is 4.45. The Hall–Kier alpha value is -2.61. The van der Waals surface area contributed by atoms with Crippen LogP contribution in [0.15, 0.2) is 54.6 Å². The number of hydrogen-bond donors (Lipinski definition) is 3. The molecule has 0 radical (unpaired) electrons. The Morgan fingerprint density at radius 1 is 1.07 bits per heavy atom. The maximum Gasteiger partial charge on any atom is 0.283 e. The van der Waals surface area contributed by atoms with Crippen molar-refractivity contribution in [3.05, 3.63) is 60.2 Å². The summed E-state index contributed by atoms with van der Waals surface area (Å²) in [4.78, 5) is 11.8. The highest BCUT2D eigenvalue weighted by atomic mass is 16.5. The second kappa shape index (κ2) is 13.6. The van der Waals surface area contributed by atoms with Gasteiger partial charge in [0, 0.05) is 13.1 Å². The number of carbonyl (C=O) groups is 1. The minimum absolute atomic E-state index is 0.190. The van der Waals surface area contributed by atoms with E-state index in [0.717, 1.165) is 37.1 Å². The SMILES string of the molecule is CCCCN(O)C(=O)COc1ccc(CCNCC(O)COc2ccccc2)cc1. The molecule has 0 spiro atoms. The molecule has 3 N–H and O–H groups in total. The molecule has 1 amide bonds. The molecule has 0 aromatic heterocycles. The van der Waals surface area contributed by atoms with Crippen LogP contribution >= 0.6 is 0 Å². The van der Waals surface area contributed by atoms with Gasteiger partial charge in [0.1, 0.15) is 24.2 Å². The number of amides is 1. The van der Waals surface area contributed by atoms with Gasteiger partial charge in [-0.1, -0.05) is 43.7 Å². The van der Waals surface area contributed by atoms with Crippen LogP contribution in [0.2, 0.25) is 0 Å². The van der Waals surface area contributed by atoms with Crippen molar-refractivity contribution >= 4 is 5.91 Å². The van der Waals surface area contributed by atoms with E-state index in [1.165, 1.54) is 0 Å². The highest BCUT2D eigenvalue weighted by molar-refractivity contribution is 5.76.